The Morgan fingerprint density at radius 3 is 2.36 bits per heavy atom. The first-order valence-electron chi connectivity index (χ1n) is 7.82. The quantitative estimate of drug-likeness (QED) is 0.794. The van der Waals surface area contributed by atoms with Gasteiger partial charge in [-0.25, -0.2) is 0 Å². The van der Waals surface area contributed by atoms with Gasteiger partial charge in [0, 0.05) is 37.2 Å². The third kappa shape index (κ3) is 3.19. The fourth-order valence-electron chi connectivity index (χ4n) is 2.65. The van der Waals surface area contributed by atoms with E-state index in [1.165, 1.54) is 0 Å². The predicted molar refractivity (Wildman–Crippen MR) is 84.6 cm³/mol. The van der Waals surface area contributed by atoms with Crippen LogP contribution in [0.2, 0.25) is 0 Å². The molecule has 0 bridgehead atoms. The van der Waals surface area contributed by atoms with E-state index in [1.54, 1.807) is 0 Å². The molecule has 5 nitrogen and oxygen atoms in total. The van der Waals surface area contributed by atoms with Crippen molar-refractivity contribution in [2.45, 2.75) is 13.8 Å². The van der Waals surface area contributed by atoms with Crippen LogP contribution in [0.1, 0.15) is 24.2 Å². The maximum atomic E-state index is 12.6. The van der Waals surface area contributed by atoms with Crippen LogP contribution in [-0.4, -0.2) is 62.1 Å². The zero-order valence-corrected chi connectivity index (χ0v) is 13.6. The van der Waals surface area contributed by atoms with E-state index < -0.39 is 0 Å². The van der Waals surface area contributed by atoms with Gasteiger partial charge in [0.05, 0.1) is 13.2 Å². The summed E-state index contributed by atoms with van der Waals surface area (Å²) in [5.74, 6) is 1.47. The minimum absolute atomic E-state index is 0.0271. The standard InChI is InChI=1S/C17H24N2O3/c1-17(2)11-21-14-5-4-13(10-15(14)22-12-17)16(20)19-8-6-18(3)7-9-19/h4-5,10H,6-9,11-12H2,1-3H3. The van der Waals surface area contributed by atoms with Crippen LogP contribution < -0.4 is 9.47 Å². The highest BCUT2D eigenvalue weighted by Crippen LogP contribution is 2.34. The second-order valence-electron chi connectivity index (χ2n) is 7.00. The van der Waals surface area contributed by atoms with Crippen LogP contribution in [0.5, 0.6) is 11.5 Å². The van der Waals surface area contributed by atoms with E-state index in [1.807, 2.05) is 23.1 Å². The lowest BCUT2D eigenvalue weighted by Crippen LogP contribution is -2.47. The van der Waals surface area contributed by atoms with Gasteiger partial charge in [-0.3, -0.25) is 4.79 Å². The van der Waals surface area contributed by atoms with Crippen LogP contribution in [0.3, 0.4) is 0 Å². The Labute approximate surface area is 131 Å². The van der Waals surface area contributed by atoms with Gasteiger partial charge in [-0.1, -0.05) is 13.8 Å². The number of likely N-dealkylation sites (N-methyl/N-ethyl adjacent to an activating group) is 1. The smallest absolute Gasteiger partial charge is 0.254 e. The van der Waals surface area contributed by atoms with Gasteiger partial charge in [-0.15, -0.1) is 0 Å². The number of hydrogen-bond acceptors (Lipinski definition) is 4. The van der Waals surface area contributed by atoms with Crippen molar-refractivity contribution in [1.82, 2.24) is 9.80 Å². The number of rotatable bonds is 1. The molecule has 1 saturated heterocycles. The molecule has 1 fully saturated rings. The molecule has 0 radical (unpaired) electrons. The van der Waals surface area contributed by atoms with E-state index in [0.717, 1.165) is 31.9 Å². The van der Waals surface area contributed by atoms with Crippen molar-refractivity contribution in [1.29, 1.82) is 0 Å². The van der Waals surface area contributed by atoms with Crippen LogP contribution >= 0.6 is 0 Å². The maximum Gasteiger partial charge on any atom is 0.254 e. The molecule has 0 N–H and O–H groups in total. The van der Waals surface area contributed by atoms with E-state index in [0.29, 0.717) is 24.5 Å². The summed E-state index contributed by atoms with van der Waals surface area (Å²) in [6, 6.07) is 5.50. The molecule has 0 atom stereocenters. The number of nitrogens with zero attached hydrogens (tertiary/aromatic N) is 2. The van der Waals surface area contributed by atoms with Gasteiger partial charge < -0.3 is 19.3 Å². The molecule has 2 heterocycles. The summed E-state index contributed by atoms with van der Waals surface area (Å²) in [4.78, 5) is 16.8. The first kappa shape index (κ1) is 15.2. The normalized spacial score (nSPS) is 21.3. The topological polar surface area (TPSA) is 42.0 Å². The van der Waals surface area contributed by atoms with Gasteiger partial charge in [-0.05, 0) is 25.2 Å². The number of hydrogen-bond donors (Lipinski definition) is 0. The average Bonchev–Trinajstić information content (AvgIpc) is 2.66. The molecule has 0 aromatic heterocycles. The predicted octanol–water partition coefficient (Wildman–Crippen LogP) is 1.87. The van der Waals surface area contributed by atoms with Gasteiger partial charge in [0.15, 0.2) is 11.5 Å². The largest absolute Gasteiger partial charge is 0.489 e. The van der Waals surface area contributed by atoms with Crippen LogP contribution in [0, 0.1) is 5.41 Å². The first-order valence-corrected chi connectivity index (χ1v) is 7.82. The first-order chi connectivity index (χ1) is 10.4. The molecule has 0 saturated carbocycles. The molecule has 0 aliphatic carbocycles. The molecule has 1 aromatic carbocycles. The van der Waals surface area contributed by atoms with Gasteiger partial charge in [-0.2, -0.15) is 0 Å². The molecule has 5 heteroatoms. The highest BCUT2D eigenvalue weighted by atomic mass is 16.5. The van der Waals surface area contributed by atoms with Crippen molar-refractivity contribution in [2.75, 3.05) is 46.4 Å². The minimum atomic E-state index is -0.0271. The Balaban J connectivity index is 1.76. The van der Waals surface area contributed by atoms with Crippen LogP contribution in [-0.2, 0) is 0 Å². The van der Waals surface area contributed by atoms with Crippen molar-refractivity contribution in [2.24, 2.45) is 5.41 Å². The van der Waals surface area contributed by atoms with Gasteiger partial charge >= 0.3 is 0 Å². The fourth-order valence-corrected chi connectivity index (χ4v) is 2.65. The van der Waals surface area contributed by atoms with Gasteiger partial charge in [0.1, 0.15) is 0 Å². The maximum absolute atomic E-state index is 12.6. The van der Waals surface area contributed by atoms with Gasteiger partial charge in [0.25, 0.3) is 5.91 Å². The molecule has 1 amide bonds. The second-order valence-corrected chi connectivity index (χ2v) is 7.00. The van der Waals surface area contributed by atoms with E-state index in [9.17, 15) is 4.79 Å². The number of piperazine rings is 1. The Hall–Kier alpha value is -1.75. The van der Waals surface area contributed by atoms with Crippen LogP contribution in [0.25, 0.3) is 0 Å². The zero-order chi connectivity index (χ0) is 15.7. The molecule has 2 aliphatic rings. The Bertz CT molecular complexity index is 563. The Morgan fingerprint density at radius 1 is 1.05 bits per heavy atom. The number of benzene rings is 1. The number of ether oxygens (including phenoxy) is 2. The molecule has 0 unspecified atom stereocenters. The highest BCUT2D eigenvalue weighted by molar-refractivity contribution is 5.95. The molecule has 120 valence electrons. The van der Waals surface area contributed by atoms with E-state index in [2.05, 4.69) is 25.8 Å². The molecule has 3 rings (SSSR count). The van der Waals surface area contributed by atoms with Crippen molar-refractivity contribution >= 4 is 5.91 Å². The highest BCUT2D eigenvalue weighted by Gasteiger charge is 2.27. The van der Waals surface area contributed by atoms with Crippen molar-refractivity contribution < 1.29 is 14.3 Å². The number of fused-ring (bicyclic) bond motifs is 1. The summed E-state index contributed by atoms with van der Waals surface area (Å²) in [6.45, 7) is 8.81. The molecule has 0 spiro atoms. The molecular formula is C17H24N2O3. The lowest BCUT2D eigenvalue weighted by molar-refractivity contribution is 0.0663. The summed E-state index contributed by atoms with van der Waals surface area (Å²) in [7, 11) is 2.08. The van der Waals surface area contributed by atoms with Crippen LogP contribution in [0.15, 0.2) is 18.2 Å². The van der Waals surface area contributed by atoms with Crippen molar-refractivity contribution in [3.63, 3.8) is 0 Å². The van der Waals surface area contributed by atoms with Crippen LogP contribution in [0.4, 0.5) is 0 Å². The number of carbonyl (C=O) groups excluding carboxylic acids is 1. The monoisotopic (exact) mass is 304 g/mol. The molecule has 2 aliphatic heterocycles. The number of carbonyl (C=O) groups is 1. The van der Waals surface area contributed by atoms with E-state index in [-0.39, 0.29) is 11.3 Å². The fraction of sp³-hybridized carbons (Fsp3) is 0.588. The third-order valence-corrected chi connectivity index (χ3v) is 4.22. The lowest BCUT2D eigenvalue weighted by atomic mass is 9.97. The second kappa shape index (κ2) is 5.80. The van der Waals surface area contributed by atoms with E-state index in [4.69, 9.17) is 9.47 Å². The summed E-state index contributed by atoms with van der Waals surface area (Å²) in [5, 5.41) is 0. The average molecular weight is 304 g/mol. The molecule has 1 aromatic rings. The molecule has 22 heavy (non-hydrogen) atoms. The summed E-state index contributed by atoms with van der Waals surface area (Å²) >= 11 is 0. The van der Waals surface area contributed by atoms with Crippen molar-refractivity contribution in [3.05, 3.63) is 23.8 Å². The summed E-state index contributed by atoms with van der Waals surface area (Å²) < 4.78 is 11.7. The zero-order valence-electron chi connectivity index (χ0n) is 13.6. The SMILES string of the molecule is CN1CCN(C(=O)c2ccc3c(c2)OCC(C)(C)CO3)CC1. The summed E-state index contributed by atoms with van der Waals surface area (Å²) in [6.07, 6.45) is 0. The number of amides is 1. The minimum Gasteiger partial charge on any atom is -0.489 e. The van der Waals surface area contributed by atoms with Gasteiger partial charge in [0.2, 0.25) is 0 Å². The lowest BCUT2D eigenvalue weighted by Gasteiger charge is -2.32. The summed E-state index contributed by atoms with van der Waals surface area (Å²) in [5.41, 5.74) is 0.646. The molecular weight excluding hydrogens is 280 g/mol. The Morgan fingerprint density at radius 2 is 1.68 bits per heavy atom. The Kier molecular flexibility index (Phi) is 4.00. The van der Waals surface area contributed by atoms with E-state index >= 15 is 0 Å². The van der Waals surface area contributed by atoms with Crippen molar-refractivity contribution in [3.8, 4) is 11.5 Å². The third-order valence-electron chi connectivity index (χ3n) is 4.22.